The molecule has 2 aromatic carbocycles. The molecule has 240 valence electrons. The lowest BCUT2D eigenvalue weighted by Gasteiger charge is -2.52. The summed E-state index contributed by atoms with van der Waals surface area (Å²) in [5.41, 5.74) is 4.06. The zero-order valence-electron chi connectivity index (χ0n) is 26.4. The number of rotatable bonds is 7. The summed E-state index contributed by atoms with van der Waals surface area (Å²) < 4.78 is 20.6. The summed E-state index contributed by atoms with van der Waals surface area (Å²) in [5.74, 6) is 2.73. The van der Waals surface area contributed by atoms with E-state index >= 15 is 4.39 Å². The molecule has 2 amide bonds. The van der Waals surface area contributed by atoms with Gasteiger partial charge < -0.3 is 18.9 Å². The molecule has 0 N–H and O–H groups in total. The van der Waals surface area contributed by atoms with Crippen LogP contribution in [0.5, 0.6) is 0 Å². The first-order chi connectivity index (χ1) is 23.4. The summed E-state index contributed by atoms with van der Waals surface area (Å²) in [6.07, 6.45) is 6.44. The molecule has 3 aliphatic carbocycles. The lowest BCUT2D eigenvalue weighted by Crippen LogP contribution is -2.53. The highest BCUT2D eigenvalue weighted by Gasteiger charge is 2.61. The standard InChI is InChI=1S/C38H34FN7O2/c39-29-11-27(38(48)45-20-28-10-26-14-31(45)33(26)28)12-30-34(29)46(19-23-16-43(17-23)37(47)24-7-5-21(15-40)6-8-24)36(42-30)32-13-25-2-1-9-41-35(25)44(32)18-22-3-4-22/h1-2,5-9,11-13,22-23,26,28,31,33H,3-4,10,14,16-20H2/t26?,28?,31?,33-/m1/s1. The molecule has 4 atom stereocenters. The molecular weight excluding hydrogens is 605 g/mol. The molecule has 2 aliphatic heterocycles. The van der Waals surface area contributed by atoms with Crippen molar-refractivity contribution in [3.05, 3.63) is 83.3 Å². The van der Waals surface area contributed by atoms with E-state index in [0.29, 0.717) is 77.0 Å². The maximum Gasteiger partial charge on any atom is 0.254 e. The van der Waals surface area contributed by atoms with Crippen LogP contribution < -0.4 is 0 Å². The van der Waals surface area contributed by atoms with Crippen LogP contribution >= 0.6 is 0 Å². The first-order valence-electron chi connectivity index (χ1n) is 17.2. The number of hydrogen-bond acceptors (Lipinski definition) is 5. The van der Waals surface area contributed by atoms with Crippen molar-refractivity contribution >= 4 is 33.9 Å². The number of benzene rings is 2. The molecule has 10 heteroatoms. The van der Waals surface area contributed by atoms with Crippen molar-refractivity contribution in [2.75, 3.05) is 19.6 Å². The SMILES string of the molecule is N#Cc1ccc(C(=O)N2CC(Cn3c(-c4cc5cccnc5n4CC4CC4)nc4cc(C(=O)N5CC6CC7CC5[C@H]76)cc(F)c43)C2)cc1. The first kappa shape index (κ1) is 28.0. The molecule has 5 aliphatic rings. The van der Waals surface area contributed by atoms with Crippen LogP contribution in [0.1, 0.15) is 52.0 Å². The van der Waals surface area contributed by atoms with E-state index in [0.717, 1.165) is 42.2 Å². The summed E-state index contributed by atoms with van der Waals surface area (Å²) in [5, 5.41) is 10.1. The van der Waals surface area contributed by atoms with Gasteiger partial charge in [0.25, 0.3) is 11.8 Å². The van der Waals surface area contributed by atoms with Crippen LogP contribution in [0.3, 0.4) is 0 Å². The van der Waals surface area contributed by atoms with E-state index in [4.69, 9.17) is 15.2 Å². The fraction of sp³-hybridized carbons (Fsp3) is 0.395. The number of hydrogen-bond donors (Lipinski definition) is 0. The highest BCUT2D eigenvalue weighted by atomic mass is 19.1. The van der Waals surface area contributed by atoms with E-state index in [9.17, 15) is 9.59 Å². The Bertz CT molecular complexity index is 2200. The highest BCUT2D eigenvalue weighted by Crippen LogP contribution is 2.60. The number of imidazole rings is 1. The fourth-order valence-corrected chi connectivity index (χ4v) is 9.07. The van der Waals surface area contributed by atoms with Gasteiger partial charge in [-0.25, -0.2) is 14.4 Å². The second-order valence-corrected chi connectivity index (χ2v) is 14.7. The average molecular weight is 640 g/mol. The van der Waals surface area contributed by atoms with Crippen molar-refractivity contribution in [3.63, 3.8) is 0 Å². The Morgan fingerprint density at radius 3 is 2.46 bits per heavy atom. The lowest BCUT2D eigenvalue weighted by atomic mass is 9.53. The van der Waals surface area contributed by atoms with Crippen LogP contribution in [0.2, 0.25) is 0 Å². The normalized spacial score (nSPS) is 24.2. The number of pyridine rings is 1. The summed E-state index contributed by atoms with van der Waals surface area (Å²) in [6, 6.07) is 18.3. The maximum atomic E-state index is 16.4. The molecule has 5 fully saturated rings. The van der Waals surface area contributed by atoms with Crippen molar-refractivity contribution in [2.24, 2.45) is 29.6 Å². The minimum absolute atomic E-state index is 0.0791. The molecule has 0 bridgehead atoms. The Kier molecular flexibility index (Phi) is 5.97. The molecular formula is C38H34FN7O2. The molecule has 3 saturated carbocycles. The van der Waals surface area contributed by atoms with E-state index in [-0.39, 0.29) is 17.7 Å². The summed E-state index contributed by atoms with van der Waals surface area (Å²) >= 11 is 0. The molecule has 2 saturated heterocycles. The van der Waals surface area contributed by atoms with Crippen molar-refractivity contribution in [1.29, 1.82) is 5.26 Å². The fourth-order valence-electron chi connectivity index (χ4n) is 9.07. The minimum atomic E-state index is -0.448. The van der Waals surface area contributed by atoms with Gasteiger partial charge in [0.1, 0.15) is 17.0 Å². The van der Waals surface area contributed by atoms with Gasteiger partial charge >= 0.3 is 0 Å². The Hall–Kier alpha value is -5.04. The van der Waals surface area contributed by atoms with Crippen LogP contribution in [0.15, 0.2) is 60.8 Å². The molecule has 0 radical (unpaired) electrons. The van der Waals surface area contributed by atoms with Crippen LogP contribution in [-0.4, -0.2) is 66.4 Å². The molecule has 10 rings (SSSR count). The highest BCUT2D eigenvalue weighted by molar-refractivity contribution is 5.99. The number of carbonyl (C=O) groups is 2. The summed E-state index contributed by atoms with van der Waals surface area (Å²) in [4.78, 5) is 40.6. The van der Waals surface area contributed by atoms with Gasteiger partial charge in [0.15, 0.2) is 5.82 Å². The van der Waals surface area contributed by atoms with E-state index in [1.807, 2.05) is 21.6 Å². The van der Waals surface area contributed by atoms with E-state index in [1.165, 1.54) is 25.3 Å². The first-order valence-corrected chi connectivity index (χ1v) is 17.2. The second kappa shape index (κ2) is 10.2. The third kappa shape index (κ3) is 4.19. The topological polar surface area (TPSA) is 100 Å². The van der Waals surface area contributed by atoms with Gasteiger partial charge in [-0.3, -0.25) is 9.59 Å². The lowest BCUT2D eigenvalue weighted by molar-refractivity contribution is -0.0204. The largest absolute Gasteiger partial charge is 0.338 e. The zero-order chi connectivity index (χ0) is 32.3. The number of carbonyl (C=O) groups excluding carboxylic acids is 2. The zero-order valence-corrected chi connectivity index (χ0v) is 26.4. The second-order valence-electron chi connectivity index (χ2n) is 14.7. The molecule has 0 spiro atoms. The van der Waals surface area contributed by atoms with Gasteiger partial charge in [-0.05, 0) is 104 Å². The van der Waals surface area contributed by atoms with Gasteiger partial charge in [0.2, 0.25) is 0 Å². The monoisotopic (exact) mass is 639 g/mol. The van der Waals surface area contributed by atoms with Gasteiger partial charge in [0.05, 0.1) is 22.8 Å². The predicted octanol–water partition coefficient (Wildman–Crippen LogP) is 5.73. The Morgan fingerprint density at radius 1 is 0.896 bits per heavy atom. The van der Waals surface area contributed by atoms with E-state index in [1.54, 1.807) is 41.4 Å². The quantitative estimate of drug-likeness (QED) is 0.227. The number of fused-ring (bicyclic) bond motifs is 2. The predicted molar refractivity (Wildman–Crippen MR) is 176 cm³/mol. The average Bonchev–Trinajstić information content (AvgIpc) is 3.72. The number of amides is 2. The van der Waals surface area contributed by atoms with E-state index in [2.05, 4.69) is 16.7 Å². The van der Waals surface area contributed by atoms with Crippen LogP contribution in [0.25, 0.3) is 33.6 Å². The molecule has 5 heterocycles. The third-order valence-electron chi connectivity index (χ3n) is 11.8. The maximum absolute atomic E-state index is 16.4. The Morgan fingerprint density at radius 2 is 1.71 bits per heavy atom. The van der Waals surface area contributed by atoms with Crippen molar-refractivity contribution in [1.82, 2.24) is 28.9 Å². The molecule has 3 unspecified atom stereocenters. The Labute approximate surface area is 276 Å². The third-order valence-corrected chi connectivity index (χ3v) is 11.8. The number of aromatic nitrogens is 4. The Balaban J connectivity index is 1.02. The molecule has 5 aromatic rings. The van der Waals surface area contributed by atoms with E-state index < -0.39 is 5.82 Å². The van der Waals surface area contributed by atoms with Gasteiger partial charge in [0, 0.05) is 67.4 Å². The van der Waals surface area contributed by atoms with Crippen LogP contribution in [0, 0.1) is 46.7 Å². The van der Waals surface area contributed by atoms with Crippen LogP contribution in [0.4, 0.5) is 4.39 Å². The number of halogens is 1. The van der Waals surface area contributed by atoms with Gasteiger partial charge in [-0.2, -0.15) is 5.26 Å². The van der Waals surface area contributed by atoms with Gasteiger partial charge in [-0.1, -0.05) is 0 Å². The van der Waals surface area contributed by atoms with Crippen molar-refractivity contribution in [3.8, 4) is 17.6 Å². The number of nitriles is 1. The summed E-state index contributed by atoms with van der Waals surface area (Å²) in [6.45, 7) is 3.13. The van der Waals surface area contributed by atoms with Gasteiger partial charge in [-0.15, -0.1) is 0 Å². The minimum Gasteiger partial charge on any atom is -0.338 e. The molecule has 48 heavy (non-hydrogen) atoms. The van der Waals surface area contributed by atoms with Crippen molar-refractivity contribution < 1.29 is 14.0 Å². The van der Waals surface area contributed by atoms with Crippen molar-refractivity contribution in [2.45, 2.75) is 44.8 Å². The van der Waals surface area contributed by atoms with Crippen LogP contribution in [-0.2, 0) is 13.1 Å². The smallest absolute Gasteiger partial charge is 0.254 e. The molecule has 9 nitrogen and oxygen atoms in total. The number of nitrogens with zero attached hydrogens (tertiary/aromatic N) is 7. The summed E-state index contributed by atoms with van der Waals surface area (Å²) in [7, 11) is 0. The number of likely N-dealkylation sites (tertiary alicyclic amines) is 2. The molecule has 3 aromatic heterocycles.